The average molecular weight is 372 g/mol. The fourth-order valence-corrected chi connectivity index (χ4v) is 3.67. The van der Waals surface area contributed by atoms with E-state index in [1.54, 1.807) is 41.3 Å². The third-order valence-corrected chi connectivity index (χ3v) is 5.63. The summed E-state index contributed by atoms with van der Waals surface area (Å²) in [6, 6.07) is 17.8. The fraction of sp³-hybridized carbons (Fsp3) is 0.250. The number of sulfone groups is 1. The second-order valence-electron chi connectivity index (χ2n) is 5.83. The molecule has 0 aliphatic carbocycles. The van der Waals surface area contributed by atoms with Crippen molar-refractivity contribution in [2.75, 3.05) is 25.4 Å². The molecule has 0 fully saturated rings. The Morgan fingerprint density at radius 2 is 1.65 bits per heavy atom. The number of hydrogen-bond acceptors (Lipinski definition) is 3. The highest BCUT2D eigenvalue weighted by Gasteiger charge is 2.16. The van der Waals surface area contributed by atoms with Gasteiger partial charge in [0.05, 0.1) is 10.6 Å². The van der Waals surface area contributed by atoms with Crippen LogP contribution in [0.2, 0.25) is 0 Å². The lowest BCUT2D eigenvalue weighted by Gasteiger charge is -2.21. The number of nitrogens with zero attached hydrogens (tertiary/aromatic N) is 1. The molecule has 0 saturated heterocycles. The summed E-state index contributed by atoms with van der Waals surface area (Å²) >= 11 is 0. The Morgan fingerprint density at radius 1 is 1.04 bits per heavy atom. The van der Waals surface area contributed by atoms with E-state index in [-0.39, 0.29) is 23.2 Å². The summed E-state index contributed by atoms with van der Waals surface area (Å²) in [6.07, 6.45) is 2.38. The Balaban J connectivity index is 1.86. The lowest BCUT2D eigenvalue weighted by molar-refractivity contribution is 0.204. The maximum atomic E-state index is 12.3. The first kappa shape index (κ1) is 19.7. The molecule has 0 aliphatic heterocycles. The Kier molecular flexibility index (Phi) is 7.41. The first-order valence-electron chi connectivity index (χ1n) is 8.48. The number of benzene rings is 2. The predicted molar refractivity (Wildman–Crippen MR) is 104 cm³/mol. The van der Waals surface area contributed by atoms with Crippen LogP contribution >= 0.6 is 0 Å². The third kappa shape index (κ3) is 6.04. The molecular weight excluding hydrogens is 348 g/mol. The van der Waals surface area contributed by atoms with Crippen molar-refractivity contribution >= 4 is 15.9 Å². The van der Waals surface area contributed by atoms with Crippen LogP contribution in [0.25, 0.3) is 0 Å². The molecule has 0 aliphatic rings. The normalized spacial score (nSPS) is 10.9. The van der Waals surface area contributed by atoms with Crippen molar-refractivity contribution in [2.45, 2.75) is 11.3 Å². The Morgan fingerprint density at radius 3 is 2.27 bits per heavy atom. The molecule has 0 aromatic heterocycles. The van der Waals surface area contributed by atoms with Gasteiger partial charge in [0.15, 0.2) is 9.84 Å². The van der Waals surface area contributed by atoms with E-state index in [9.17, 15) is 13.2 Å². The number of rotatable bonds is 9. The Hall–Kier alpha value is -2.60. The smallest absolute Gasteiger partial charge is 0.317 e. The summed E-state index contributed by atoms with van der Waals surface area (Å²) < 4.78 is 24.5. The lowest BCUT2D eigenvalue weighted by Crippen LogP contribution is -2.42. The number of carbonyl (C=O) groups excluding carboxylic acids is 1. The van der Waals surface area contributed by atoms with Gasteiger partial charge >= 0.3 is 6.03 Å². The summed E-state index contributed by atoms with van der Waals surface area (Å²) in [5, 5.41) is 2.69. The van der Waals surface area contributed by atoms with Crippen molar-refractivity contribution in [2.24, 2.45) is 0 Å². The molecule has 2 rings (SSSR count). The third-order valence-electron chi connectivity index (χ3n) is 3.90. The molecule has 2 aromatic rings. The first-order valence-corrected chi connectivity index (χ1v) is 10.1. The molecule has 0 heterocycles. The van der Waals surface area contributed by atoms with Gasteiger partial charge in [-0.25, -0.2) is 13.2 Å². The molecular formula is C20H24N2O3S. The van der Waals surface area contributed by atoms with E-state index in [1.807, 2.05) is 30.3 Å². The van der Waals surface area contributed by atoms with Gasteiger partial charge in [0.1, 0.15) is 0 Å². The van der Waals surface area contributed by atoms with Gasteiger partial charge < -0.3 is 10.2 Å². The molecule has 0 spiro atoms. The first-order chi connectivity index (χ1) is 12.5. The molecule has 6 heteroatoms. The molecule has 5 nitrogen and oxygen atoms in total. The van der Waals surface area contributed by atoms with Gasteiger partial charge in [-0.15, -0.1) is 6.58 Å². The summed E-state index contributed by atoms with van der Waals surface area (Å²) in [6.45, 7) is 4.69. The number of amides is 2. The maximum absolute atomic E-state index is 12.3. The molecule has 0 radical (unpaired) electrons. The molecule has 1 N–H and O–H groups in total. The SMILES string of the molecule is C=CCN(CCc1ccccc1)C(=O)NCCS(=O)(=O)c1ccccc1. The largest absolute Gasteiger partial charge is 0.337 e. The molecule has 138 valence electrons. The van der Waals surface area contributed by atoms with Crippen LogP contribution in [0.4, 0.5) is 4.79 Å². The summed E-state index contributed by atoms with van der Waals surface area (Å²) in [5.41, 5.74) is 1.14. The number of carbonyl (C=O) groups is 1. The Labute approximate surface area is 155 Å². The van der Waals surface area contributed by atoms with Crippen LogP contribution in [0.3, 0.4) is 0 Å². The van der Waals surface area contributed by atoms with Gasteiger partial charge in [0.25, 0.3) is 0 Å². The van der Waals surface area contributed by atoms with Crippen molar-refractivity contribution in [1.29, 1.82) is 0 Å². The van der Waals surface area contributed by atoms with E-state index in [1.165, 1.54) is 0 Å². The van der Waals surface area contributed by atoms with E-state index >= 15 is 0 Å². The van der Waals surface area contributed by atoms with Crippen LogP contribution in [0.5, 0.6) is 0 Å². The number of urea groups is 1. The van der Waals surface area contributed by atoms with Crippen LogP contribution in [0.15, 0.2) is 78.2 Å². The second-order valence-corrected chi connectivity index (χ2v) is 7.94. The van der Waals surface area contributed by atoms with Crippen molar-refractivity contribution in [3.8, 4) is 0 Å². The molecule has 0 unspecified atom stereocenters. The van der Waals surface area contributed by atoms with Crippen LogP contribution < -0.4 is 5.32 Å². The minimum atomic E-state index is -3.40. The molecule has 0 atom stereocenters. The lowest BCUT2D eigenvalue weighted by atomic mass is 10.1. The topological polar surface area (TPSA) is 66.5 Å². The standard InChI is InChI=1S/C20H24N2O3S/c1-2-15-22(16-13-18-9-5-3-6-10-18)20(23)21-14-17-26(24,25)19-11-7-4-8-12-19/h2-12H,1,13-17H2,(H,21,23). The van der Waals surface area contributed by atoms with Gasteiger partial charge in [-0.05, 0) is 24.1 Å². The van der Waals surface area contributed by atoms with Gasteiger partial charge in [0.2, 0.25) is 0 Å². The fourth-order valence-electron chi connectivity index (χ4n) is 2.49. The highest BCUT2D eigenvalue weighted by molar-refractivity contribution is 7.91. The van der Waals surface area contributed by atoms with Crippen LogP contribution in [-0.2, 0) is 16.3 Å². The highest BCUT2D eigenvalue weighted by Crippen LogP contribution is 2.09. The van der Waals surface area contributed by atoms with Gasteiger partial charge in [-0.2, -0.15) is 0 Å². The van der Waals surface area contributed by atoms with Crippen LogP contribution in [-0.4, -0.2) is 44.7 Å². The van der Waals surface area contributed by atoms with E-state index in [0.29, 0.717) is 13.1 Å². The number of hydrogen-bond donors (Lipinski definition) is 1. The van der Waals surface area contributed by atoms with Crippen LogP contribution in [0, 0.1) is 0 Å². The van der Waals surface area contributed by atoms with E-state index in [4.69, 9.17) is 0 Å². The molecule has 0 bridgehead atoms. The quantitative estimate of drug-likeness (QED) is 0.688. The van der Waals surface area contributed by atoms with Crippen molar-refractivity contribution in [3.05, 3.63) is 78.9 Å². The van der Waals surface area contributed by atoms with Crippen molar-refractivity contribution in [1.82, 2.24) is 10.2 Å². The summed E-state index contributed by atoms with van der Waals surface area (Å²) in [4.78, 5) is 14.2. The van der Waals surface area contributed by atoms with E-state index in [0.717, 1.165) is 12.0 Å². The summed E-state index contributed by atoms with van der Waals surface area (Å²) in [5.74, 6) is -0.136. The van der Waals surface area contributed by atoms with E-state index in [2.05, 4.69) is 11.9 Å². The molecule has 2 aromatic carbocycles. The monoisotopic (exact) mass is 372 g/mol. The molecule has 0 saturated carbocycles. The van der Waals surface area contributed by atoms with Crippen molar-refractivity contribution in [3.63, 3.8) is 0 Å². The maximum Gasteiger partial charge on any atom is 0.317 e. The highest BCUT2D eigenvalue weighted by atomic mass is 32.2. The average Bonchev–Trinajstić information content (AvgIpc) is 2.66. The van der Waals surface area contributed by atoms with Gasteiger partial charge in [0, 0.05) is 19.6 Å². The molecule has 26 heavy (non-hydrogen) atoms. The van der Waals surface area contributed by atoms with E-state index < -0.39 is 9.84 Å². The van der Waals surface area contributed by atoms with Gasteiger partial charge in [-0.3, -0.25) is 0 Å². The second kappa shape index (κ2) is 9.77. The zero-order valence-electron chi connectivity index (χ0n) is 14.7. The minimum absolute atomic E-state index is 0.0645. The van der Waals surface area contributed by atoms with Gasteiger partial charge in [-0.1, -0.05) is 54.6 Å². The number of nitrogens with one attached hydrogen (secondary N) is 1. The molecule has 2 amide bonds. The minimum Gasteiger partial charge on any atom is -0.337 e. The Bertz CT molecular complexity index is 805. The van der Waals surface area contributed by atoms with Crippen LogP contribution in [0.1, 0.15) is 5.56 Å². The zero-order chi connectivity index (χ0) is 18.8. The van der Waals surface area contributed by atoms with Crippen molar-refractivity contribution < 1.29 is 13.2 Å². The zero-order valence-corrected chi connectivity index (χ0v) is 15.5. The predicted octanol–water partition coefficient (Wildman–Crippen LogP) is 2.90. The summed E-state index contributed by atoms with van der Waals surface area (Å²) in [7, 11) is -3.40.